The smallest absolute Gasteiger partial charge is 0.238 e. The Morgan fingerprint density at radius 2 is 1.75 bits per heavy atom. The van der Waals surface area contributed by atoms with Crippen molar-refractivity contribution in [3.8, 4) is 5.75 Å². The molecule has 0 aliphatic carbocycles. The first-order valence-electron chi connectivity index (χ1n) is 8.03. The molecule has 1 unspecified atom stereocenters. The summed E-state index contributed by atoms with van der Waals surface area (Å²) in [6.45, 7) is 3.77. The zero-order chi connectivity index (χ0) is 17.2. The lowest BCUT2D eigenvalue weighted by molar-refractivity contribution is 0.179. The van der Waals surface area contributed by atoms with Crippen LogP contribution in [0.2, 0.25) is 0 Å². The molecule has 128 valence electrons. The Morgan fingerprint density at radius 1 is 1.08 bits per heavy atom. The monoisotopic (exact) mass is 346 g/mol. The molecule has 0 bridgehead atoms. The molecule has 0 aromatic heterocycles. The van der Waals surface area contributed by atoms with E-state index in [-0.39, 0.29) is 11.0 Å². The van der Waals surface area contributed by atoms with Crippen LogP contribution in [0.15, 0.2) is 53.4 Å². The first-order chi connectivity index (χ1) is 11.4. The topological polar surface area (TPSA) is 72.6 Å². The van der Waals surface area contributed by atoms with Gasteiger partial charge in [0.15, 0.2) is 0 Å². The van der Waals surface area contributed by atoms with Gasteiger partial charge in [0.25, 0.3) is 0 Å². The normalized spacial score (nSPS) is 18.4. The summed E-state index contributed by atoms with van der Waals surface area (Å²) in [4.78, 5) is 2.35. The highest BCUT2D eigenvalue weighted by Crippen LogP contribution is 2.24. The molecule has 1 aliphatic heterocycles. The van der Waals surface area contributed by atoms with Crippen molar-refractivity contribution < 1.29 is 13.2 Å². The molecule has 1 heterocycles. The molecular weight excluding hydrogens is 324 g/mol. The number of aryl methyl sites for hydroxylation is 1. The number of anilines is 1. The first-order valence-corrected chi connectivity index (χ1v) is 9.57. The third kappa shape index (κ3) is 4.07. The highest BCUT2D eigenvalue weighted by atomic mass is 32.2. The van der Waals surface area contributed by atoms with E-state index in [0.29, 0.717) is 0 Å². The highest BCUT2D eigenvalue weighted by Gasteiger charge is 2.22. The second-order valence-electron chi connectivity index (χ2n) is 6.18. The minimum absolute atomic E-state index is 0.124. The quantitative estimate of drug-likeness (QED) is 0.924. The summed E-state index contributed by atoms with van der Waals surface area (Å²) in [7, 11) is -3.65. The second kappa shape index (κ2) is 6.83. The Bertz CT molecular complexity index is 786. The number of benzene rings is 2. The molecular formula is C18H22N2O3S. The molecule has 1 aliphatic rings. The second-order valence-corrected chi connectivity index (χ2v) is 7.74. The Hall–Kier alpha value is -2.05. The van der Waals surface area contributed by atoms with E-state index in [0.717, 1.165) is 37.4 Å². The molecule has 2 aromatic carbocycles. The van der Waals surface area contributed by atoms with E-state index in [1.165, 1.54) is 5.56 Å². The van der Waals surface area contributed by atoms with Gasteiger partial charge in [-0.25, -0.2) is 13.6 Å². The van der Waals surface area contributed by atoms with Gasteiger partial charge in [0.1, 0.15) is 11.9 Å². The summed E-state index contributed by atoms with van der Waals surface area (Å²) in [6, 6.07) is 14.8. The van der Waals surface area contributed by atoms with E-state index in [1.807, 2.05) is 24.3 Å². The van der Waals surface area contributed by atoms with Crippen molar-refractivity contribution >= 4 is 15.7 Å². The van der Waals surface area contributed by atoms with Gasteiger partial charge in [-0.1, -0.05) is 17.7 Å². The predicted octanol–water partition coefficient (Wildman–Crippen LogP) is 2.69. The van der Waals surface area contributed by atoms with E-state index in [2.05, 4.69) is 11.8 Å². The van der Waals surface area contributed by atoms with Crippen molar-refractivity contribution in [1.29, 1.82) is 0 Å². The van der Waals surface area contributed by atoms with Gasteiger partial charge in [0, 0.05) is 12.2 Å². The van der Waals surface area contributed by atoms with Crippen LogP contribution in [0.25, 0.3) is 0 Å². The summed E-state index contributed by atoms with van der Waals surface area (Å²) in [6.07, 6.45) is 2.17. The maximum absolute atomic E-state index is 11.3. The number of piperidine rings is 1. The minimum Gasteiger partial charge on any atom is -0.489 e. The zero-order valence-corrected chi connectivity index (χ0v) is 14.5. The van der Waals surface area contributed by atoms with Crippen LogP contribution in [-0.2, 0) is 10.0 Å². The van der Waals surface area contributed by atoms with Crippen LogP contribution < -0.4 is 14.8 Å². The summed E-state index contributed by atoms with van der Waals surface area (Å²) < 4.78 is 28.8. The molecule has 2 aromatic rings. The Balaban J connectivity index is 1.68. The molecule has 5 nitrogen and oxygen atoms in total. The van der Waals surface area contributed by atoms with Crippen LogP contribution in [0, 0.1) is 6.92 Å². The lowest BCUT2D eigenvalue weighted by atomic mass is 10.1. The fourth-order valence-corrected chi connectivity index (χ4v) is 3.44. The van der Waals surface area contributed by atoms with Gasteiger partial charge in [-0.15, -0.1) is 0 Å². The molecule has 0 spiro atoms. The van der Waals surface area contributed by atoms with E-state index >= 15 is 0 Å². The maximum Gasteiger partial charge on any atom is 0.238 e. The summed E-state index contributed by atoms with van der Waals surface area (Å²) in [5, 5.41) is 5.14. The van der Waals surface area contributed by atoms with Gasteiger partial charge in [0.2, 0.25) is 10.0 Å². The summed E-state index contributed by atoms with van der Waals surface area (Å²) in [5.41, 5.74) is 2.20. The van der Waals surface area contributed by atoms with Crippen molar-refractivity contribution in [1.82, 2.24) is 0 Å². The van der Waals surface area contributed by atoms with Crippen LogP contribution in [0.4, 0.5) is 5.69 Å². The molecule has 0 radical (unpaired) electrons. The van der Waals surface area contributed by atoms with Crippen molar-refractivity contribution in [3.63, 3.8) is 0 Å². The number of nitrogens with zero attached hydrogens (tertiary/aromatic N) is 1. The fraction of sp³-hybridized carbons (Fsp3) is 0.333. The van der Waals surface area contributed by atoms with Crippen LogP contribution >= 0.6 is 0 Å². The number of sulfonamides is 1. The highest BCUT2D eigenvalue weighted by molar-refractivity contribution is 7.89. The van der Waals surface area contributed by atoms with Crippen LogP contribution in [0.5, 0.6) is 5.75 Å². The van der Waals surface area contributed by atoms with Crippen LogP contribution in [-0.4, -0.2) is 27.6 Å². The molecule has 1 saturated heterocycles. The van der Waals surface area contributed by atoms with Gasteiger partial charge in [0.05, 0.1) is 11.4 Å². The standard InChI is InChI=1S/C18H22N2O3S/c1-14-4-8-16(9-5-14)23-17-3-2-12-20(13-17)15-6-10-18(11-7-15)24(19,21)22/h4-11,17H,2-3,12-13H2,1H3,(H2,19,21,22). The average Bonchev–Trinajstić information content (AvgIpc) is 2.57. The average molecular weight is 346 g/mol. The van der Waals surface area contributed by atoms with E-state index < -0.39 is 10.0 Å². The number of nitrogens with two attached hydrogens (primary N) is 1. The van der Waals surface area contributed by atoms with Gasteiger partial charge in [-0.2, -0.15) is 0 Å². The SMILES string of the molecule is Cc1ccc(OC2CCCN(c3ccc(S(N)(=O)=O)cc3)C2)cc1. The third-order valence-corrected chi connectivity index (χ3v) is 5.16. The van der Waals surface area contributed by atoms with E-state index in [9.17, 15) is 8.42 Å². The first kappa shape index (κ1) is 16.8. The molecule has 3 rings (SSSR count). The summed E-state index contributed by atoms with van der Waals surface area (Å²) in [5.74, 6) is 0.886. The molecule has 1 fully saturated rings. The molecule has 24 heavy (non-hydrogen) atoms. The van der Waals surface area contributed by atoms with Crippen LogP contribution in [0.1, 0.15) is 18.4 Å². The largest absolute Gasteiger partial charge is 0.489 e. The molecule has 6 heteroatoms. The van der Waals surface area contributed by atoms with Gasteiger partial charge < -0.3 is 9.64 Å². The Kier molecular flexibility index (Phi) is 4.78. The minimum atomic E-state index is -3.65. The van der Waals surface area contributed by atoms with Crippen molar-refractivity contribution in [2.75, 3.05) is 18.0 Å². The Labute approximate surface area is 143 Å². The molecule has 1 atom stereocenters. The predicted molar refractivity (Wildman–Crippen MR) is 94.9 cm³/mol. The third-order valence-electron chi connectivity index (χ3n) is 4.23. The van der Waals surface area contributed by atoms with Gasteiger partial charge >= 0.3 is 0 Å². The number of rotatable bonds is 4. The van der Waals surface area contributed by atoms with Crippen LogP contribution in [0.3, 0.4) is 0 Å². The number of hydrogen-bond donors (Lipinski definition) is 1. The molecule has 0 saturated carbocycles. The maximum atomic E-state index is 11.3. The van der Waals surface area contributed by atoms with Crippen molar-refractivity contribution in [2.45, 2.75) is 30.8 Å². The number of primary sulfonamides is 1. The van der Waals surface area contributed by atoms with Crippen molar-refractivity contribution in [2.24, 2.45) is 5.14 Å². The fourth-order valence-electron chi connectivity index (χ4n) is 2.92. The van der Waals surface area contributed by atoms with E-state index in [4.69, 9.17) is 9.88 Å². The molecule has 0 amide bonds. The van der Waals surface area contributed by atoms with E-state index in [1.54, 1.807) is 24.3 Å². The Morgan fingerprint density at radius 3 is 2.38 bits per heavy atom. The van der Waals surface area contributed by atoms with Gasteiger partial charge in [-0.3, -0.25) is 0 Å². The summed E-state index contributed by atoms with van der Waals surface area (Å²) >= 11 is 0. The number of hydrogen-bond acceptors (Lipinski definition) is 4. The zero-order valence-electron chi connectivity index (χ0n) is 13.7. The molecule has 2 N–H and O–H groups in total. The van der Waals surface area contributed by atoms with Crippen molar-refractivity contribution in [3.05, 3.63) is 54.1 Å². The van der Waals surface area contributed by atoms with Gasteiger partial charge in [-0.05, 0) is 56.2 Å². The lowest BCUT2D eigenvalue weighted by Gasteiger charge is -2.34. The number of ether oxygens (including phenoxy) is 1. The lowest BCUT2D eigenvalue weighted by Crippen LogP contribution is -2.41.